The van der Waals surface area contributed by atoms with Crippen molar-refractivity contribution < 1.29 is 19.5 Å². The molecule has 0 atom stereocenters. The molecule has 0 radical (unpaired) electrons. The second kappa shape index (κ2) is 16.0. The third-order valence-electron chi connectivity index (χ3n) is 1.68. The van der Waals surface area contributed by atoms with Crippen molar-refractivity contribution in [1.82, 2.24) is 9.80 Å². The van der Waals surface area contributed by atoms with E-state index in [0.29, 0.717) is 0 Å². The van der Waals surface area contributed by atoms with E-state index >= 15 is 0 Å². The summed E-state index contributed by atoms with van der Waals surface area (Å²) in [5.41, 5.74) is 0. The largest absolute Gasteiger partial charge is 2.00 e. The first-order chi connectivity index (χ1) is 6.08. The molecule has 0 aromatic carbocycles. The molecule has 2 nitrogen and oxygen atoms in total. The van der Waals surface area contributed by atoms with Gasteiger partial charge in [0.2, 0.25) is 0 Å². The van der Waals surface area contributed by atoms with Crippen LogP contribution in [0, 0.1) is 13.8 Å². The van der Waals surface area contributed by atoms with Gasteiger partial charge in [-0.3, -0.25) is 0 Å². The van der Waals surface area contributed by atoms with Crippen LogP contribution in [-0.2, 0) is 19.5 Å². The summed E-state index contributed by atoms with van der Waals surface area (Å²) >= 11 is 0. The summed E-state index contributed by atoms with van der Waals surface area (Å²) in [6, 6.07) is 0. The molecule has 0 saturated heterocycles. The van der Waals surface area contributed by atoms with E-state index < -0.39 is 0 Å². The summed E-state index contributed by atoms with van der Waals surface area (Å²) in [4.78, 5) is 4.36. The normalized spacial score (nSPS) is 9.43. The molecule has 0 aliphatic rings. The van der Waals surface area contributed by atoms with Crippen LogP contribution >= 0.6 is 0 Å². The van der Waals surface area contributed by atoms with Gasteiger partial charge in [-0.25, -0.2) is 0 Å². The van der Waals surface area contributed by atoms with E-state index in [0.717, 1.165) is 32.5 Å². The van der Waals surface area contributed by atoms with Crippen LogP contribution in [0.25, 0.3) is 0 Å². The van der Waals surface area contributed by atoms with Gasteiger partial charge in [0.1, 0.15) is 0 Å². The molecular formula is C11H26N2Zn. The van der Waals surface area contributed by atoms with Crippen molar-refractivity contribution in [3.05, 3.63) is 13.8 Å². The first-order valence-electron chi connectivity index (χ1n) is 5.00. The molecule has 0 aromatic rings. The summed E-state index contributed by atoms with van der Waals surface area (Å²) in [7, 11) is 6.20. The number of nitrogens with zero attached hydrogens (tertiary/aromatic N) is 2. The van der Waals surface area contributed by atoms with Crippen LogP contribution in [0.15, 0.2) is 0 Å². The SMILES string of the molecule is [CH2-]CCN(C)C.[CH2-]CCN(C)CC.[Zn+2]. The van der Waals surface area contributed by atoms with Gasteiger partial charge < -0.3 is 23.6 Å². The number of hydrogen-bond donors (Lipinski definition) is 0. The van der Waals surface area contributed by atoms with Crippen molar-refractivity contribution in [3.63, 3.8) is 0 Å². The quantitative estimate of drug-likeness (QED) is 0.544. The maximum absolute atomic E-state index is 3.73. The topological polar surface area (TPSA) is 6.48 Å². The van der Waals surface area contributed by atoms with Crippen molar-refractivity contribution in [3.8, 4) is 0 Å². The van der Waals surface area contributed by atoms with Gasteiger partial charge in [0.15, 0.2) is 0 Å². The zero-order valence-corrected chi connectivity index (χ0v) is 13.5. The molecule has 0 aromatic heterocycles. The molecule has 14 heavy (non-hydrogen) atoms. The molecule has 82 valence electrons. The third kappa shape index (κ3) is 22.9. The van der Waals surface area contributed by atoms with E-state index in [1.165, 1.54) is 0 Å². The van der Waals surface area contributed by atoms with Crippen LogP contribution in [0.2, 0.25) is 0 Å². The van der Waals surface area contributed by atoms with Gasteiger partial charge in [-0.05, 0) is 40.8 Å². The average Bonchev–Trinajstić information content (AvgIpc) is 2.05. The van der Waals surface area contributed by atoms with E-state index in [1.54, 1.807) is 0 Å². The van der Waals surface area contributed by atoms with Crippen LogP contribution in [-0.4, -0.2) is 50.6 Å². The fourth-order valence-electron chi connectivity index (χ4n) is 0.744. The van der Waals surface area contributed by atoms with E-state index in [-0.39, 0.29) is 19.5 Å². The molecule has 0 rings (SSSR count). The first kappa shape index (κ1) is 20.0. The minimum Gasteiger partial charge on any atom is -0.342 e. The first-order valence-corrected chi connectivity index (χ1v) is 5.00. The molecule has 0 aliphatic heterocycles. The predicted octanol–water partition coefficient (Wildman–Crippen LogP) is 1.93. The van der Waals surface area contributed by atoms with Crippen LogP contribution in [0.1, 0.15) is 19.8 Å². The van der Waals surface area contributed by atoms with E-state index in [9.17, 15) is 0 Å². The maximum atomic E-state index is 3.73. The molecule has 0 saturated carbocycles. The molecule has 0 aliphatic carbocycles. The summed E-state index contributed by atoms with van der Waals surface area (Å²) in [5, 5.41) is 0. The molecule has 0 fully saturated rings. The molecule has 0 amide bonds. The minimum absolute atomic E-state index is 0. The Bertz CT molecular complexity index is 87.4. The fourth-order valence-corrected chi connectivity index (χ4v) is 0.744. The molecule has 0 heterocycles. The van der Waals surface area contributed by atoms with Gasteiger partial charge in [0, 0.05) is 0 Å². The van der Waals surface area contributed by atoms with E-state index in [1.807, 2.05) is 14.1 Å². The zero-order chi connectivity index (χ0) is 10.7. The van der Waals surface area contributed by atoms with E-state index in [4.69, 9.17) is 0 Å². The molecule has 0 spiro atoms. The average molecular weight is 252 g/mol. The standard InChI is InChI=1S/C6H14N.C5H12N.Zn/c1-4-6-7(3)5-2;1-4-5-6(2)3;/h1,4-6H2,2-3H3;1,4-5H2,2-3H3;/q2*-1;+2. The molecule has 0 unspecified atom stereocenters. The summed E-state index contributed by atoms with van der Waals surface area (Å²) in [6.45, 7) is 12.9. The van der Waals surface area contributed by atoms with Crippen molar-refractivity contribution >= 4 is 0 Å². The molecule has 0 N–H and O–H groups in total. The van der Waals surface area contributed by atoms with Crippen LogP contribution in [0.4, 0.5) is 0 Å². The second-order valence-corrected chi connectivity index (χ2v) is 3.41. The number of rotatable bonds is 5. The van der Waals surface area contributed by atoms with Crippen molar-refractivity contribution in [2.45, 2.75) is 19.8 Å². The predicted molar refractivity (Wildman–Crippen MR) is 61.7 cm³/mol. The maximum Gasteiger partial charge on any atom is 2.00 e. The van der Waals surface area contributed by atoms with Gasteiger partial charge in [0.25, 0.3) is 0 Å². The van der Waals surface area contributed by atoms with Gasteiger partial charge in [-0.2, -0.15) is 12.8 Å². The van der Waals surface area contributed by atoms with Gasteiger partial charge >= 0.3 is 19.5 Å². The Balaban J connectivity index is -0.000000163. The van der Waals surface area contributed by atoms with Gasteiger partial charge in [0.05, 0.1) is 0 Å². The van der Waals surface area contributed by atoms with Gasteiger partial charge in [-0.1, -0.05) is 6.92 Å². The molecule has 0 bridgehead atoms. The Kier molecular flexibility index (Phi) is 22.9. The monoisotopic (exact) mass is 250 g/mol. The summed E-state index contributed by atoms with van der Waals surface area (Å²) in [5.74, 6) is 0. The Morgan fingerprint density at radius 2 is 1.36 bits per heavy atom. The zero-order valence-electron chi connectivity index (χ0n) is 10.6. The van der Waals surface area contributed by atoms with Crippen LogP contribution in [0.5, 0.6) is 0 Å². The Morgan fingerprint density at radius 1 is 0.929 bits per heavy atom. The third-order valence-corrected chi connectivity index (χ3v) is 1.68. The Labute approximate surface area is 104 Å². The Morgan fingerprint density at radius 3 is 1.43 bits per heavy atom. The van der Waals surface area contributed by atoms with E-state index in [2.05, 4.69) is 37.6 Å². The van der Waals surface area contributed by atoms with Crippen LogP contribution < -0.4 is 0 Å². The van der Waals surface area contributed by atoms with Crippen molar-refractivity contribution in [2.75, 3.05) is 40.8 Å². The van der Waals surface area contributed by atoms with Crippen molar-refractivity contribution in [1.29, 1.82) is 0 Å². The van der Waals surface area contributed by atoms with Crippen LogP contribution in [0.3, 0.4) is 0 Å². The molecular weight excluding hydrogens is 226 g/mol. The van der Waals surface area contributed by atoms with Crippen molar-refractivity contribution in [2.24, 2.45) is 0 Å². The summed E-state index contributed by atoms with van der Waals surface area (Å²) in [6.07, 6.45) is 2.03. The second-order valence-electron chi connectivity index (χ2n) is 3.41. The van der Waals surface area contributed by atoms with Gasteiger partial charge in [-0.15, -0.1) is 0 Å². The minimum atomic E-state index is 0. The number of hydrogen-bond acceptors (Lipinski definition) is 2. The smallest absolute Gasteiger partial charge is 0.342 e. The summed E-state index contributed by atoms with van der Waals surface area (Å²) < 4.78 is 0. The fraction of sp³-hybridized carbons (Fsp3) is 0.818. The Hall–Kier alpha value is 0.543. The molecule has 3 heteroatoms.